The summed E-state index contributed by atoms with van der Waals surface area (Å²) < 4.78 is 15.9. The van der Waals surface area contributed by atoms with Gasteiger partial charge in [0.2, 0.25) is 0 Å². The predicted octanol–water partition coefficient (Wildman–Crippen LogP) is 0.483. The highest BCUT2D eigenvalue weighted by atomic mass is 16.5. The fraction of sp³-hybridized carbons (Fsp3) is 0.538. The van der Waals surface area contributed by atoms with Crippen LogP contribution in [0.1, 0.15) is 0 Å². The molecule has 0 bridgehead atoms. The molecule has 1 aliphatic rings. The third-order valence-electron chi connectivity index (χ3n) is 3.28. The fourth-order valence-electron chi connectivity index (χ4n) is 2.26. The van der Waals surface area contributed by atoms with Crippen molar-refractivity contribution in [3.05, 3.63) is 12.1 Å². The second kappa shape index (κ2) is 5.99. The van der Waals surface area contributed by atoms with Crippen molar-refractivity contribution in [3.8, 4) is 11.5 Å². The molecule has 1 aromatic rings. The van der Waals surface area contributed by atoms with Gasteiger partial charge in [-0.25, -0.2) is 0 Å². The number of benzene rings is 1. The first-order valence-electron chi connectivity index (χ1n) is 6.18. The molecular weight excluding hydrogens is 248 g/mol. The largest absolute Gasteiger partial charge is 0.493 e. The average Bonchev–Trinajstić information content (AvgIpc) is 2.46. The molecule has 1 fully saturated rings. The van der Waals surface area contributed by atoms with Gasteiger partial charge in [-0.3, -0.25) is 0 Å². The Kier molecular flexibility index (Phi) is 4.34. The van der Waals surface area contributed by atoms with Crippen LogP contribution >= 0.6 is 0 Å². The van der Waals surface area contributed by atoms with E-state index in [1.54, 1.807) is 20.3 Å². The number of rotatable bonds is 4. The summed E-state index contributed by atoms with van der Waals surface area (Å²) >= 11 is 0. The molecule has 1 atom stereocenters. The molecule has 0 saturated carbocycles. The molecule has 2 rings (SSSR count). The van der Waals surface area contributed by atoms with Gasteiger partial charge in [0.15, 0.2) is 11.5 Å². The number of morpholine rings is 1. The third-order valence-corrected chi connectivity index (χ3v) is 3.28. The molecule has 6 heteroatoms. The van der Waals surface area contributed by atoms with Crippen LogP contribution in [0.25, 0.3) is 0 Å². The summed E-state index contributed by atoms with van der Waals surface area (Å²) in [5, 5.41) is 9.42. The molecule has 1 aliphatic heterocycles. The fourth-order valence-corrected chi connectivity index (χ4v) is 2.26. The molecule has 1 aromatic carbocycles. The van der Waals surface area contributed by atoms with Crippen LogP contribution in [0.5, 0.6) is 11.5 Å². The summed E-state index contributed by atoms with van der Waals surface area (Å²) in [4.78, 5) is 2.04. The minimum absolute atomic E-state index is 0.0216. The topological polar surface area (TPSA) is 77.2 Å². The van der Waals surface area contributed by atoms with E-state index in [-0.39, 0.29) is 12.6 Å². The van der Waals surface area contributed by atoms with Crippen LogP contribution in [-0.2, 0) is 4.74 Å². The Morgan fingerprint density at radius 3 is 2.68 bits per heavy atom. The van der Waals surface area contributed by atoms with E-state index in [1.165, 1.54) is 0 Å². The van der Waals surface area contributed by atoms with Gasteiger partial charge in [0.1, 0.15) is 0 Å². The van der Waals surface area contributed by atoms with E-state index in [4.69, 9.17) is 19.9 Å². The number of aliphatic hydroxyl groups excluding tert-OH is 1. The van der Waals surface area contributed by atoms with Crippen molar-refractivity contribution in [1.82, 2.24) is 0 Å². The Morgan fingerprint density at radius 2 is 2.05 bits per heavy atom. The lowest BCUT2D eigenvalue weighted by Crippen LogP contribution is -2.47. The van der Waals surface area contributed by atoms with Gasteiger partial charge in [-0.2, -0.15) is 0 Å². The van der Waals surface area contributed by atoms with Gasteiger partial charge in [0.05, 0.1) is 51.5 Å². The molecule has 106 valence electrons. The summed E-state index contributed by atoms with van der Waals surface area (Å²) in [5.74, 6) is 1.22. The maximum absolute atomic E-state index is 9.42. The lowest BCUT2D eigenvalue weighted by Gasteiger charge is -2.37. The molecule has 1 unspecified atom stereocenters. The minimum atomic E-state index is -0.0887. The molecule has 0 aliphatic carbocycles. The first-order valence-corrected chi connectivity index (χ1v) is 6.18. The van der Waals surface area contributed by atoms with Gasteiger partial charge in [0.25, 0.3) is 0 Å². The van der Waals surface area contributed by atoms with E-state index >= 15 is 0 Å². The zero-order valence-electron chi connectivity index (χ0n) is 11.3. The number of nitrogen functional groups attached to an aromatic ring is 1. The van der Waals surface area contributed by atoms with Crippen molar-refractivity contribution in [2.75, 3.05) is 51.2 Å². The van der Waals surface area contributed by atoms with Crippen molar-refractivity contribution >= 4 is 11.4 Å². The highest BCUT2D eigenvalue weighted by Gasteiger charge is 2.25. The number of nitrogens with zero attached hydrogens (tertiary/aromatic N) is 1. The number of ether oxygens (including phenoxy) is 3. The van der Waals surface area contributed by atoms with E-state index in [9.17, 15) is 5.11 Å². The van der Waals surface area contributed by atoms with Crippen LogP contribution in [0.3, 0.4) is 0 Å². The summed E-state index contributed by atoms with van der Waals surface area (Å²) in [6.45, 7) is 1.81. The number of hydrogen-bond donors (Lipinski definition) is 2. The molecule has 1 saturated heterocycles. The highest BCUT2D eigenvalue weighted by Crippen LogP contribution is 2.37. The van der Waals surface area contributed by atoms with Crippen LogP contribution in [0.2, 0.25) is 0 Å². The number of nitrogens with two attached hydrogens (primary N) is 1. The standard InChI is InChI=1S/C13H20N2O4/c1-17-12-5-10(14)11(6-13(12)18-2)15-3-4-19-8-9(15)7-16/h5-6,9,16H,3-4,7-8,14H2,1-2H3. The van der Waals surface area contributed by atoms with Crippen molar-refractivity contribution in [3.63, 3.8) is 0 Å². The third kappa shape index (κ3) is 2.69. The summed E-state index contributed by atoms with van der Waals surface area (Å²) in [5.41, 5.74) is 7.50. The average molecular weight is 268 g/mol. The van der Waals surface area contributed by atoms with Gasteiger partial charge in [0, 0.05) is 18.7 Å². The van der Waals surface area contributed by atoms with Crippen molar-refractivity contribution in [1.29, 1.82) is 0 Å². The maximum atomic E-state index is 9.42. The van der Waals surface area contributed by atoms with Gasteiger partial charge in [-0.05, 0) is 0 Å². The predicted molar refractivity (Wildman–Crippen MR) is 73.0 cm³/mol. The van der Waals surface area contributed by atoms with Gasteiger partial charge >= 0.3 is 0 Å². The van der Waals surface area contributed by atoms with Crippen molar-refractivity contribution in [2.24, 2.45) is 0 Å². The van der Waals surface area contributed by atoms with E-state index in [2.05, 4.69) is 0 Å². The van der Waals surface area contributed by atoms with Crippen LogP contribution in [0.4, 0.5) is 11.4 Å². The molecule has 0 amide bonds. The van der Waals surface area contributed by atoms with Crippen LogP contribution < -0.4 is 20.1 Å². The summed E-state index contributed by atoms with van der Waals surface area (Å²) in [6.07, 6.45) is 0. The molecule has 0 spiro atoms. The second-order valence-electron chi connectivity index (χ2n) is 4.37. The number of anilines is 2. The molecule has 0 aromatic heterocycles. The number of hydrogen-bond acceptors (Lipinski definition) is 6. The van der Waals surface area contributed by atoms with E-state index in [1.807, 2.05) is 11.0 Å². The van der Waals surface area contributed by atoms with Crippen molar-refractivity contribution < 1.29 is 19.3 Å². The minimum Gasteiger partial charge on any atom is -0.493 e. The molecule has 1 heterocycles. The van der Waals surface area contributed by atoms with Crippen LogP contribution in [0, 0.1) is 0 Å². The molecule has 0 radical (unpaired) electrons. The number of aliphatic hydroxyl groups is 1. The molecule has 6 nitrogen and oxygen atoms in total. The van der Waals surface area contributed by atoms with Crippen molar-refractivity contribution in [2.45, 2.75) is 6.04 Å². The zero-order chi connectivity index (χ0) is 13.8. The molecule has 19 heavy (non-hydrogen) atoms. The SMILES string of the molecule is COc1cc(N)c(N2CCOCC2CO)cc1OC. The van der Waals surface area contributed by atoms with E-state index < -0.39 is 0 Å². The monoisotopic (exact) mass is 268 g/mol. The van der Waals surface area contributed by atoms with Gasteiger partial charge < -0.3 is 30.0 Å². The Morgan fingerprint density at radius 1 is 1.37 bits per heavy atom. The Balaban J connectivity index is 2.37. The Hall–Kier alpha value is -1.66. The van der Waals surface area contributed by atoms with E-state index in [0.29, 0.717) is 36.9 Å². The Bertz CT molecular complexity index is 439. The maximum Gasteiger partial charge on any atom is 0.162 e. The first kappa shape index (κ1) is 13.8. The Labute approximate surface area is 112 Å². The van der Waals surface area contributed by atoms with Crippen LogP contribution in [0.15, 0.2) is 12.1 Å². The summed E-state index contributed by atoms with van der Waals surface area (Å²) in [6, 6.07) is 3.48. The van der Waals surface area contributed by atoms with Gasteiger partial charge in [-0.1, -0.05) is 0 Å². The lowest BCUT2D eigenvalue weighted by molar-refractivity contribution is 0.0727. The molecular formula is C13H20N2O4. The number of methoxy groups -OCH3 is 2. The highest BCUT2D eigenvalue weighted by molar-refractivity contribution is 5.73. The zero-order valence-corrected chi connectivity index (χ0v) is 11.3. The summed E-state index contributed by atoms with van der Waals surface area (Å²) in [7, 11) is 3.16. The van der Waals surface area contributed by atoms with E-state index in [0.717, 1.165) is 5.69 Å². The first-order chi connectivity index (χ1) is 9.21. The quantitative estimate of drug-likeness (QED) is 0.774. The van der Waals surface area contributed by atoms with Crippen LogP contribution in [-0.4, -0.2) is 51.7 Å². The molecule has 3 N–H and O–H groups in total. The lowest BCUT2D eigenvalue weighted by atomic mass is 10.1. The normalized spacial score (nSPS) is 19.3. The smallest absolute Gasteiger partial charge is 0.162 e. The second-order valence-corrected chi connectivity index (χ2v) is 4.37. The van der Waals surface area contributed by atoms with Gasteiger partial charge in [-0.15, -0.1) is 0 Å².